The molecule has 9 heteroatoms. The van der Waals surface area contributed by atoms with Crippen molar-refractivity contribution in [1.29, 1.82) is 0 Å². The molecule has 0 bridgehead atoms. The molecular formula is C21H20ClN7O. The van der Waals surface area contributed by atoms with Crippen molar-refractivity contribution in [3.63, 3.8) is 0 Å². The largest absolute Gasteiger partial charge is 0.344 e. The molecule has 1 aromatic carbocycles. The Balaban J connectivity index is 1.71. The van der Waals surface area contributed by atoms with Crippen molar-refractivity contribution in [2.45, 2.75) is 13.0 Å². The molecule has 3 aromatic heterocycles. The Hall–Kier alpha value is -3.52. The van der Waals surface area contributed by atoms with Crippen molar-refractivity contribution in [1.82, 2.24) is 34.8 Å². The summed E-state index contributed by atoms with van der Waals surface area (Å²) < 4.78 is 3.36. The van der Waals surface area contributed by atoms with Gasteiger partial charge in [0.25, 0.3) is 5.91 Å². The topological polar surface area (TPSA) is 90.5 Å². The van der Waals surface area contributed by atoms with Crippen LogP contribution in [0.5, 0.6) is 0 Å². The summed E-state index contributed by atoms with van der Waals surface area (Å²) in [5, 5.41) is 11.9. The van der Waals surface area contributed by atoms with Gasteiger partial charge in [-0.05, 0) is 25.1 Å². The number of halogens is 1. The number of nitrogens with zero attached hydrogens (tertiary/aromatic N) is 6. The van der Waals surface area contributed by atoms with Crippen molar-refractivity contribution in [2.75, 3.05) is 0 Å². The smallest absolute Gasteiger partial charge is 0.270 e. The Labute approximate surface area is 178 Å². The molecule has 1 N–H and O–H groups in total. The van der Waals surface area contributed by atoms with E-state index in [-0.39, 0.29) is 17.6 Å². The zero-order chi connectivity index (χ0) is 21.3. The minimum Gasteiger partial charge on any atom is -0.344 e. The zero-order valence-corrected chi connectivity index (χ0v) is 17.5. The summed E-state index contributed by atoms with van der Waals surface area (Å²) >= 11 is 6.01. The predicted molar refractivity (Wildman–Crippen MR) is 114 cm³/mol. The van der Waals surface area contributed by atoms with Crippen LogP contribution in [0.1, 0.15) is 29.0 Å². The molecule has 0 spiro atoms. The van der Waals surface area contributed by atoms with E-state index in [4.69, 9.17) is 11.6 Å². The summed E-state index contributed by atoms with van der Waals surface area (Å²) in [5.74, 6) is 0.129. The van der Waals surface area contributed by atoms with Gasteiger partial charge in [-0.25, -0.2) is 9.97 Å². The van der Waals surface area contributed by atoms with E-state index >= 15 is 0 Å². The molecule has 0 saturated heterocycles. The van der Waals surface area contributed by atoms with E-state index in [0.29, 0.717) is 16.5 Å². The van der Waals surface area contributed by atoms with Gasteiger partial charge in [0.05, 0.1) is 29.7 Å². The van der Waals surface area contributed by atoms with Gasteiger partial charge in [0.1, 0.15) is 5.69 Å². The number of carbonyl (C=O) groups excluding carboxylic acids is 1. The Morgan fingerprint density at radius 3 is 2.33 bits per heavy atom. The summed E-state index contributed by atoms with van der Waals surface area (Å²) in [6, 6.07) is 8.74. The maximum Gasteiger partial charge on any atom is 0.270 e. The number of aromatic nitrogens is 6. The van der Waals surface area contributed by atoms with Crippen LogP contribution in [0.25, 0.3) is 22.6 Å². The van der Waals surface area contributed by atoms with Gasteiger partial charge < -0.3 is 5.32 Å². The van der Waals surface area contributed by atoms with Crippen LogP contribution in [-0.4, -0.2) is 35.4 Å². The summed E-state index contributed by atoms with van der Waals surface area (Å²) in [6.07, 6.45) is 7.07. The average Bonchev–Trinajstić information content (AvgIpc) is 3.36. The first-order chi connectivity index (χ1) is 14.4. The molecule has 1 atom stereocenters. The monoisotopic (exact) mass is 421 g/mol. The standard InChI is InChI=1S/C21H20ClN7O/c1-13(15-9-23-28(2)11-15)25-21(30)19-8-18(14-4-6-17(22)7-5-14)26-20(27-19)16-10-24-29(3)12-16/h4-13H,1-3H3,(H,25,30)/t13-/m0/s1. The minimum atomic E-state index is -0.297. The molecule has 4 aromatic rings. The fourth-order valence-electron chi connectivity index (χ4n) is 3.02. The lowest BCUT2D eigenvalue weighted by molar-refractivity contribution is 0.0935. The predicted octanol–water partition coefficient (Wildman–Crippen LogP) is 3.42. The molecule has 0 unspecified atom stereocenters. The maximum atomic E-state index is 13.0. The van der Waals surface area contributed by atoms with Gasteiger partial charge in [0, 0.05) is 42.6 Å². The number of aryl methyl sites for hydroxylation is 2. The molecule has 0 aliphatic carbocycles. The number of rotatable bonds is 5. The Morgan fingerprint density at radius 2 is 1.70 bits per heavy atom. The van der Waals surface area contributed by atoms with Gasteiger partial charge in [0.2, 0.25) is 0 Å². The molecule has 30 heavy (non-hydrogen) atoms. The van der Waals surface area contributed by atoms with E-state index in [1.165, 1.54) is 0 Å². The normalized spacial score (nSPS) is 12.0. The molecule has 4 rings (SSSR count). The van der Waals surface area contributed by atoms with Gasteiger partial charge in [-0.1, -0.05) is 23.7 Å². The highest BCUT2D eigenvalue weighted by Gasteiger charge is 2.18. The van der Waals surface area contributed by atoms with Crippen LogP contribution in [0.4, 0.5) is 0 Å². The molecule has 0 radical (unpaired) electrons. The second-order valence-corrected chi connectivity index (χ2v) is 7.45. The van der Waals surface area contributed by atoms with E-state index in [9.17, 15) is 4.79 Å². The van der Waals surface area contributed by atoms with E-state index in [1.54, 1.807) is 46.2 Å². The maximum absolute atomic E-state index is 13.0. The Morgan fingerprint density at radius 1 is 1.00 bits per heavy atom. The molecule has 0 aliphatic rings. The first-order valence-corrected chi connectivity index (χ1v) is 9.70. The lowest BCUT2D eigenvalue weighted by Gasteiger charge is -2.13. The van der Waals surface area contributed by atoms with Crippen molar-refractivity contribution in [3.05, 3.63) is 71.4 Å². The SMILES string of the molecule is C[C@H](NC(=O)c1cc(-c2ccc(Cl)cc2)nc(-c2cnn(C)c2)n1)c1cnn(C)c1. The molecule has 0 aliphatic heterocycles. The lowest BCUT2D eigenvalue weighted by atomic mass is 10.1. The zero-order valence-electron chi connectivity index (χ0n) is 16.7. The van der Waals surface area contributed by atoms with Crippen molar-refractivity contribution >= 4 is 17.5 Å². The fourth-order valence-corrected chi connectivity index (χ4v) is 3.14. The average molecular weight is 422 g/mol. The highest BCUT2D eigenvalue weighted by Crippen LogP contribution is 2.24. The van der Waals surface area contributed by atoms with E-state index < -0.39 is 0 Å². The quantitative estimate of drug-likeness (QED) is 0.533. The van der Waals surface area contributed by atoms with Gasteiger partial charge in [0.15, 0.2) is 5.82 Å². The van der Waals surface area contributed by atoms with Gasteiger partial charge >= 0.3 is 0 Å². The number of hydrogen-bond acceptors (Lipinski definition) is 5. The van der Waals surface area contributed by atoms with Crippen molar-refractivity contribution in [2.24, 2.45) is 14.1 Å². The fraction of sp³-hybridized carbons (Fsp3) is 0.190. The van der Waals surface area contributed by atoms with Crippen LogP contribution in [0.2, 0.25) is 5.02 Å². The van der Waals surface area contributed by atoms with Crippen LogP contribution in [-0.2, 0) is 14.1 Å². The highest BCUT2D eigenvalue weighted by molar-refractivity contribution is 6.30. The molecule has 0 fully saturated rings. The van der Waals surface area contributed by atoms with E-state index in [2.05, 4.69) is 25.5 Å². The third kappa shape index (κ3) is 4.23. The molecule has 152 valence electrons. The lowest BCUT2D eigenvalue weighted by Crippen LogP contribution is -2.27. The highest BCUT2D eigenvalue weighted by atomic mass is 35.5. The number of amides is 1. The number of hydrogen-bond donors (Lipinski definition) is 1. The molecule has 3 heterocycles. The summed E-state index contributed by atoms with van der Waals surface area (Å²) in [6.45, 7) is 1.90. The van der Waals surface area contributed by atoms with Gasteiger partial charge in [-0.3, -0.25) is 14.2 Å². The van der Waals surface area contributed by atoms with Crippen LogP contribution in [0.3, 0.4) is 0 Å². The number of benzene rings is 1. The first-order valence-electron chi connectivity index (χ1n) is 9.32. The third-order valence-electron chi connectivity index (χ3n) is 4.63. The van der Waals surface area contributed by atoms with Crippen LogP contribution >= 0.6 is 11.6 Å². The van der Waals surface area contributed by atoms with E-state index in [1.807, 2.05) is 39.3 Å². The molecule has 8 nitrogen and oxygen atoms in total. The Bertz CT molecular complexity index is 1200. The molecule has 1 amide bonds. The van der Waals surface area contributed by atoms with Crippen LogP contribution in [0, 0.1) is 0 Å². The number of nitrogens with one attached hydrogen (secondary N) is 1. The van der Waals surface area contributed by atoms with Crippen molar-refractivity contribution < 1.29 is 4.79 Å². The second-order valence-electron chi connectivity index (χ2n) is 7.01. The van der Waals surface area contributed by atoms with Crippen molar-refractivity contribution in [3.8, 4) is 22.6 Å². The molecular weight excluding hydrogens is 402 g/mol. The van der Waals surface area contributed by atoms with Crippen LogP contribution in [0.15, 0.2) is 55.1 Å². The Kier molecular flexibility index (Phi) is 5.33. The van der Waals surface area contributed by atoms with Gasteiger partial charge in [-0.15, -0.1) is 0 Å². The van der Waals surface area contributed by atoms with E-state index in [0.717, 1.165) is 16.7 Å². The minimum absolute atomic E-state index is 0.220. The second kappa shape index (κ2) is 8.08. The van der Waals surface area contributed by atoms with Crippen LogP contribution < -0.4 is 5.32 Å². The third-order valence-corrected chi connectivity index (χ3v) is 4.89. The van der Waals surface area contributed by atoms with Gasteiger partial charge in [-0.2, -0.15) is 10.2 Å². The summed E-state index contributed by atoms with van der Waals surface area (Å²) in [7, 11) is 3.65. The summed E-state index contributed by atoms with van der Waals surface area (Å²) in [4.78, 5) is 22.1. The number of carbonyl (C=O) groups is 1. The first kappa shape index (κ1) is 19.8. The summed E-state index contributed by atoms with van der Waals surface area (Å²) in [5.41, 5.74) is 3.36. The molecule has 0 saturated carbocycles.